The maximum absolute atomic E-state index is 10.4. The van der Waals surface area contributed by atoms with Crippen LogP contribution in [0.1, 0.15) is 42.1 Å². The lowest BCUT2D eigenvalue weighted by molar-refractivity contribution is 0.0255. The van der Waals surface area contributed by atoms with Crippen molar-refractivity contribution in [2.45, 2.75) is 45.3 Å². The van der Waals surface area contributed by atoms with Gasteiger partial charge in [0.1, 0.15) is 0 Å². The molecule has 1 heterocycles. The average Bonchev–Trinajstić information content (AvgIpc) is 2.44. The van der Waals surface area contributed by atoms with Crippen LogP contribution in [0.25, 0.3) is 0 Å². The average molecular weight is 277 g/mol. The van der Waals surface area contributed by atoms with Gasteiger partial charge in [-0.05, 0) is 45.2 Å². The van der Waals surface area contributed by atoms with Gasteiger partial charge in [-0.15, -0.1) is 0 Å². The molecule has 2 rings (SSSR count). The molecule has 0 aromatic heterocycles. The standard InChI is InChI=1S/C17H27NO2/c1-13-9-14(2)11-15(10-13)17(19)6-8-18-7-4-5-16(12-18)20-3/h9-11,16-17,19H,4-8,12H2,1-3H3. The second-order valence-electron chi connectivity index (χ2n) is 6.03. The minimum atomic E-state index is -0.364. The van der Waals surface area contributed by atoms with Gasteiger partial charge in [0.25, 0.3) is 0 Å². The third-order valence-electron chi connectivity index (χ3n) is 4.14. The van der Waals surface area contributed by atoms with E-state index in [4.69, 9.17) is 4.74 Å². The molecule has 0 amide bonds. The Morgan fingerprint density at radius 1 is 1.30 bits per heavy atom. The van der Waals surface area contributed by atoms with E-state index in [0.29, 0.717) is 6.10 Å². The van der Waals surface area contributed by atoms with E-state index in [9.17, 15) is 5.11 Å². The van der Waals surface area contributed by atoms with Crippen molar-refractivity contribution in [1.29, 1.82) is 0 Å². The Kier molecular flexibility index (Phi) is 5.58. The van der Waals surface area contributed by atoms with Crippen molar-refractivity contribution in [1.82, 2.24) is 4.90 Å². The molecule has 2 unspecified atom stereocenters. The van der Waals surface area contributed by atoms with Crippen LogP contribution in [0.15, 0.2) is 18.2 Å². The molecule has 0 aliphatic carbocycles. The molecule has 0 spiro atoms. The molecule has 0 saturated carbocycles. The summed E-state index contributed by atoms with van der Waals surface area (Å²) >= 11 is 0. The second kappa shape index (κ2) is 7.21. The molecular weight excluding hydrogens is 250 g/mol. The molecule has 0 bridgehead atoms. The van der Waals surface area contributed by atoms with E-state index in [1.54, 1.807) is 7.11 Å². The number of likely N-dealkylation sites (tertiary alicyclic amines) is 1. The molecule has 1 aliphatic heterocycles. The van der Waals surface area contributed by atoms with E-state index in [1.165, 1.54) is 17.5 Å². The van der Waals surface area contributed by atoms with E-state index in [2.05, 4.69) is 36.9 Å². The molecule has 1 N–H and O–H groups in total. The van der Waals surface area contributed by atoms with Gasteiger partial charge in [0.2, 0.25) is 0 Å². The minimum absolute atomic E-state index is 0.363. The SMILES string of the molecule is COC1CCCN(CCC(O)c2cc(C)cc(C)c2)C1. The Bertz CT molecular complexity index is 413. The number of ether oxygens (including phenoxy) is 1. The van der Waals surface area contributed by atoms with Crippen molar-refractivity contribution in [3.05, 3.63) is 34.9 Å². The van der Waals surface area contributed by atoms with Crippen LogP contribution in [0, 0.1) is 13.8 Å². The van der Waals surface area contributed by atoms with Gasteiger partial charge in [0.05, 0.1) is 12.2 Å². The van der Waals surface area contributed by atoms with Crippen LogP contribution in [0.3, 0.4) is 0 Å². The molecule has 1 saturated heterocycles. The van der Waals surface area contributed by atoms with E-state index in [1.807, 2.05) is 0 Å². The van der Waals surface area contributed by atoms with Gasteiger partial charge >= 0.3 is 0 Å². The molecule has 3 heteroatoms. The van der Waals surface area contributed by atoms with Gasteiger partial charge in [-0.1, -0.05) is 29.3 Å². The number of aliphatic hydroxyl groups is 1. The Hall–Kier alpha value is -0.900. The second-order valence-corrected chi connectivity index (χ2v) is 6.03. The normalized spacial score (nSPS) is 21.9. The number of hydrogen-bond donors (Lipinski definition) is 1. The Morgan fingerprint density at radius 2 is 2.00 bits per heavy atom. The molecule has 3 nitrogen and oxygen atoms in total. The first-order valence-corrected chi connectivity index (χ1v) is 7.60. The van der Waals surface area contributed by atoms with Gasteiger partial charge in [0.15, 0.2) is 0 Å². The van der Waals surface area contributed by atoms with Crippen molar-refractivity contribution in [3.63, 3.8) is 0 Å². The van der Waals surface area contributed by atoms with Gasteiger partial charge in [-0.3, -0.25) is 0 Å². The first-order chi connectivity index (χ1) is 9.58. The highest BCUT2D eigenvalue weighted by molar-refractivity contribution is 5.29. The summed E-state index contributed by atoms with van der Waals surface area (Å²) in [5.41, 5.74) is 3.48. The summed E-state index contributed by atoms with van der Waals surface area (Å²) in [5.74, 6) is 0. The molecule has 20 heavy (non-hydrogen) atoms. The Morgan fingerprint density at radius 3 is 2.65 bits per heavy atom. The van der Waals surface area contributed by atoms with Crippen LogP contribution in [0.5, 0.6) is 0 Å². The molecule has 2 atom stereocenters. The zero-order chi connectivity index (χ0) is 14.5. The first-order valence-electron chi connectivity index (χ1n) is 7.60. The zero-order valence-electron chi connectivity index (χ0n) is 12.9. The summed E-state index contributed by atoms with van der Waals surface area (Å²) in [6.07, 6.45) is 3.14. The third-order valence-corrected chi connectivity index (χ3v) is 4.14. The number of benzene rings is 1. The Balaban J connectivity index is 1.86. The van der Waals surface area contributed by atoms with Crippen molar-refractivity contribution in [2.24, 2.45) is 0 Å². The smallest absolute Gasteiger partial charge is 0.0802 e. The third kappa shape index (κ3) is 4.30. The number of rotatable bonds is 5. The molecule has 1 aromatic carbocycles. The molecule has 1 fully saturated rings. The number of aliphatic hydroxyl groups excluding tert-OH is 1. The van der Waals surface area contributed by atoms with Crippen LogP contribution in [0.2, 0.25) is 0 Å². The van der Waals surface area contributed by atoms with Crippen LogP contribution in [-0.2, 0) is 4.74 Å². The van der Waals surface area contributed by atoms with Crippen LogP contribution < -0.4 is 0 Å². The minimum Gasteiger partial charge on any atom is -0.388 e. The fourth-order valence-corrected chi connectivity index (χ4v) is 3.08. The fraction of sp³-hybridized carbons (Fsp3) is 0.647. The van der Waals surface area contributed by atoms with E-state index < -0.39 is 0 Å². The lowest BCUT2D eigenvalue weighted by Gasteiger charge is -2.32. The van der Waals surface area contributed by atoms with E-state index in [-0.39, 0.29) is 6.10 Å². The highest BCUT2D eigenvalue weighted by atomic mass is 16.5. The number of methoxy groups -OCH3 is 1. The number of nitrogens with zero attached hydrogens (tertiary/aromatic N) is 1. The number of aryl methyl sites for hydroxylation is 2. The monoisotopic (exact) mass is 277 g/mol. The molecule has 1 aromatic rings. The van der Waals surface area contributed by atoms with Gasteiger partial charge in [0, 0.05) is 20.2 Å². The van der Waals surface area contributed by atoms with Gasteiger partial charge in [-0.25, -0.2) is 0 Å². The van der Waals surface area contributed by atoms with Crippen molar-refractivity contribution in [2.75, 3.05) is 26.7 Å². The lowest BCUT2D eigenvalue weighted by atomic mass is 10.0. The maximum atomic E-state index is 10.4. The fourth-order valence-electron chi connectivity index (χ4n) is 3.08. The molecule has 112 valence electrons. The van der Waals surface area contributed by atoms with E-state index >= 15 is 0 Å². The summed E-state index contributed by atoms with van der Waals surface area (Å²) < 4.78 is 5.44. The zero-order valence-corrected chi connectivity index (χ0v) is 12.9. The molecule has 1 aliphatic rings. The molecular formula is C17H27NO2. The topological polar surface area (TPSA) is 32.7 Å². The summed E-state index contributed by atoms with van der Waals surface area (Å²) in [6, 6.07) is 6.32. The maximum Gasteiger partial charge on any atom is 0.0802 e. The van der Waals surface area contributed by atoms with Crippen molar-refractivity contribution in [3.8, 4) is 0 Å². The summed E-state index contributed by atoms with van der Waals surface area (Å²) in [4.78, 5) is 2.41. The largest absolute Gasteiger partial charge is 0.388 e. The first kappa shape index (κ1) is 15.5. The quantitative estimate of drug-likeness (QED) is 0.898. The van der Waals surface area contributed by atoms with Crippen molar-refractivity contribution >= 4 is 0 Å². The number of piperidine rings is 1. The summed E-state index contributed by atoms with van der Waals surface area (Å²) in [6.45, 7) is 7.22. The lowest BCUT2D eigenvalue weighted by Crippen LogP contribution is -2.40. The van der Waals surface area contributed by atoms with Gasteiger partial charge < -0.3 is 14.7 Å². The van der Waals surface area contributed by atoms with Crippen LogP contribution in [0.4, 0.5) is 0 Å². The van der Waals surface area contributed by atoms with Gasteiger partial charge in [-0.2, -0.15) is 0 Å². The predicted molar refractivity (Wildman–Crippen MR) is 82.0 cm³/mol. The number of hydrogen-bond acceptors (Lipinski definition) is 3. The van der Waals surface area contributed by atoms with E-state index in [0.717, 1.165) is 38.0 Å². The predicted octanol–water partition coefficient (Wildman–Crippen LogP) is 2.84. The molecule has 0 radical (unpaired) electrons. The van der Waals surface area contributed by atoms with Crippen molar-refractivity contribution < 1.29 is 9.84 Å². The summed E-state index contributed by atoms with van der Waals surface area (Å²) in [7, 11) is 1.79. The summed E-state index contributed by atoms with van der Waals surface area (Å²) in [5, 5.41) is 10.4. The highest BCUT2D eigenvalue weighted by Gasteiger charge is 2.20. The van der Waals surface area contributed by atoms with Crippen LogP contribution in [-0.4, -0.2) is 42.9 Å². The highest BCUT2D eigenvalue weighted by Crippen LogP contribution is 2.21. The Labute approximate surface area is 122 Å². The van der Waals surface area contributed by atoms with Crippen LogP contribution >= 0.6 is 0 Å².